The molecule has 3 rings (SSSR count). The average Bonchev–Trinajstić information content (AvgIpc) is 2.82. The van der Waals surface area contributed by atoms with Crippen molar-refractivity contribution < 1.29 is 9.13 Å². The second-order valence-corrected chi connectivity index (χ2v) is 8.56. The van der Waals surface area contributed by atoms with Gasteiger partial charge in [0.25, 0.3) is 0 Å². The van der Waals surface area contributed by atoms with E-state index in [0.29, 0.717) is 0 Å². The summed E-state index contributed by atoms with van der Waals surface area (Å²) in [5, 5.41) is 6.93. The van der Waals surface area contributed by atoms with Crippen molar-refractivity contribution in [2.24, 2.45) is 4.99 Å². The summed E-state index contributed by atoms with van der Waals surface area (Å²) in [5.74, 6) is 0.631. The Kier molecular flexibility index (Phi) is 13.5. The average molecular weight is 562 g/mol. The number of ether oxygens (including phenoxy) is 1. The van der Waals surface area contributed by atoms with Crippen LogP contribution in [0.4, 0.5) is 4.39 Å². The van der Waals surface area contributed by atoms with Crippen LogP contribution >= 0.6 is 24.0 Å². The first kappa shape index (κ1) is 27.3. The minimum atomic E-state index is -0.199. The molecule has 6 nitrogen and oxygen atoms in total. The molecule has 0 radical (unpaired) electrons. The number of rotatable bonds is 10. The van der Waals surface area contributed by atoms with E-state index in [1.807, 2.05) is 19.2 Å². The van der Waals surface area contributed by atoms with Gasteiger partial charge in [0.1, 0.15) is 5.82 Å². The molecule has 2 aliphatic heterocycles. The van der Waals surface area contributed by atoms with Gasteiger partial charge >= 0.3 is 0 Å². The van der Waals surface area contributed by atoms with Gasteiger partial charge in [0.2, 0.25) is 0 Å². The fourth-order valence-corrected chi connectivity index (χ4v) is 4.47. The van der Waals surface area contributed by atoms with Gasteiger partial charge in [-0.05, 0) is 63.0 Å². The summed E-state index contributed by atoms with van der Waals surface area (Å²) in [5.41, 5.74) is 1.11. The van der Waals surface area contributed by atoms with Crippen molar-refractivity contribution >= 4 is 29.9 Å². The smallest absolute Gasteiger partial charge is 0.191 e. The molecule has 1 aromatic carbocycles. The first-order chi connectivity index (χ1) is 15.3. The molecule has 2 fully saturated rings. The number of aliphatic imine (C=N–C) groups is 1. The van der Waals surface area contributed by atoms with Crippen LogP contribution in [-0.4, -0.2) is 81.8 Å². The molecule has 0 aliphatic carbocycles. The Balaban J connectivity index is 0.00000363. The fraction of sp³-hybridized carbons (Fsp3) is 0.708. The summed E-state index contributed by atoms with van der Waals surface area (Å²) in [6.45, 7) is 8.70. The molecule has 0 aromatic heterocycles. The third-order valence-electron chi connectivity index (χ3n) is 6.32. The lowest BCUT2D eigenvalue weighted by Gasteiger charge is -2.35. The summed E-state index contributed by atoms with van der Waals surface area (Å²) in [6.07, 6.45) is 7.81. The number of unbranched alkanes of at least 4 members (excludes halogenated alkanes) is 2. The molecule has 2 heterocycles. The monoisotopic (exact) mass is 561 g/mol. The van der Waals surface area contributed by atoms with Crippen molar-refractivity contribution in [2.45, 2.75) is 44.6 Å². The van der Waals surface area contributed by atoms with E-state index < -0.39 is 0 Å². The van der Waals surface area contributed by atoms with Gasteiger partial charge < -0.3 is 20.3 Å². The van der Waals surface area contributed by atoms with Crippen LogP contribution in [0.2, 0.25) is 0 Å². The first-order valence-electron chi connectivity index (χ1n) is 12.0. The molecule has 2 saturated heterocycles. The Labute approximate surface area is 210 Å². The van der Waals surface area contributed by atoms with Gasteiger partial charge in [-0.1, -0.05) is 25.0 Å². The number of halogens is 2. The normalized spacial score (nSPS) is 19.2. The summed E-state index contributed by atoms with van der Waals surface area (Å²) >= 11 is 0. The third kappa shape index (κ3) is 9.49. The van der Waals surface area contributed by atoms with Gasteiger partial charge in [-0.15, -0.1) is 24.0 Å². The van der Waals surface area contributed by atoms with E-state index in [9.17, 15) is 4.39 Å². The third-order valence-corrected chi connectivity index (χ3v) is 6.32. The number of nitrogens with one attached hydrogen (secondary N) is 2. The van der Waals surface area contributed by atoms with Crippen LogP contribution in [0, 0.1) is 5.82 Å². The predicted molar refractivity (Wildman–Crippen MR) is 140 cm³/mol. The molecule has 2 N–H and O–H groups in total. The number of hydrogen-bond acceptors (Lipinski definition) is 4. The highest BCUT2D eigenvalue weighted by molar-refractivity contribution is 14.0. The molecular formula is C24H41FIN5O. The molecule has 2 aliphatic rings. The minimum Gasteiger partial charge on any atom is -0.379 e. The minimum absolute atomic E-state index is 0. The van der Waals surface area contributed by atoms with Gasteiger partial charge in [0, 0.05) is 33.2 Å². The molecule has 0 spiro atoms. The molecule has 32 heavy (non-hydrogen) atoms. The second-order valence-electron chi connectivity index (χ2n) is 8.56. The fourth-order valence-electron chi connectivity index (χ4n) is 4.47. The number of nitrogens with zero attached hydrogens (tertiary/aromatic N) is 3. The van der Waals surface area contributed by atoms with Gasteiger partial charge in [0.05, 0.1) is 19.3 Å². The molecule has 0 saturated carbocycles. The molecule has 0 bridgehead atoms. The standard InChI is InChI=1S/C24H40FN5O.HI/c1-26-24(27-12-4-2-5-13-29-14-6-3-7-15-29)28-20-23(30-16-18-31-19-17-30)21-8-10-22(25)11-9-21;/h8-11,23H,2-7,12-20H2,1H3,(H2,26,27,28);1H. The number of likely N-dealkylation sites (tertiary alicyclic amines) is 1. The molecule has 1 atom stereocenters. The summed E-state index contributed by atoms with van der Waals surface area (Å²) in [6, 6.07) is 7.01. The molecule has 0 amide bonds. The number of benzene rings is 1. The van der Waals surface area contributed by atoms with Gasteiger partial charge in [0.15, 0.2) is 5.96 Å². The summed E-state index contributed by atoms with van der Waals surface area (Å²) in [4.78, 5) is 9.40. The maximum Gasteiger partial charge on any atom is 0.191 e. The maximum atomic E-state index is 13.4. The molecule has 182 valence electrons. The van der Waals surface area contributed by atoms with Crippen LogP contribution in [0.15, 0.2) is 29.3 Å². The van der Waals surface area contributed by atoms with Crippen LogP contribution < -0.4 is 10.6 Å². The predicted octanol–water partition coefficient (Wildman–Crippen LogP) is 3.64. The van der Waals surface area contributed by atoms with Crippen LogP contribution in [-0.2, 0) is 4.74 Å². The zero-order valence-electron chi connectivity index (χ0n) is 19.5. The lowest BCUT2D eigenvalue weighted by atomic mass is 10.0. The Bertz CT molecular complexity index is 648. The van der Waals surface area contributed by atoms with E-state index in [2.05, 4.69) is 25.4 Å². The van der Waals surface area contributed by atoms with Gasteiger partial charge in [-0.2, -0.15) is 0 Å². The van der Waals surface area contributed by atoms with Crippen LogP contribution in [0.3, 0.4) is 0 Å². The lowest BCUT2D eigenvalue weighted by Crippen LogP contribution is -2.46. The number of hydrogen-bond donors (Lipinski definition) is 2. The van der Waals surface area contributed by atoms with Gasteiger partial charge in [-0.3, -0.25) is 9.89 Å². The highest BCUT2D eigenvalue weighted by Crippen LogP contribution is 2.21. The Morgan fingerprint density at radius 2 is 1.72 bits per heavy atom. The largest absolute Gasteiger partial charge is 0.379 e. The molecule has 1 aromatic rings. The number of morpholine rings is 1. The van der Waals surface area contributed by atoms with Crippen molar-refractivity contribution in [3.8, 4) is 0 Å². The topological polar surface area (TPSA) is 52.1 Å². The van der Waals surface area contributed by atoms with E-state index in [-0.39, 0.29) is 35.8 Å². The SMILES string of the molecule is CN=C(NCCCCCN1CCCCC1)NCC(c1ccc(F)cc1)N1CCOCC1.I. The Morgan fingerprint density at radius 1 is 1.00 bits per heavy atom. The molecule has 8 heteroatoms. The van der Waals surface area contributed by atoms with E-state index >= 15 is 0 Å². The molecular weight excluding hydrogens is 520 g/mol. The molecule has 1 unspecified atom stereocenters. The van der Waals surface area contributed by atoms with E-state index in [1.54, 1.807) is 12.1 Å². The van der Waals surface area contributed by atoms with Crippen molar-refractivity contribution in [2.75, 3.05) is 66.1 Å². The Morgan fingerprint density at radius 3 is 2.41 bits per heavy atom. The zero-order valence-corrected chi connectivity index (χ0v) is 21.9. The number of guanidine groups is 1. The number of piperidine rings is 1. The van der Waals surface area contributed by atoms with Crippen LogP contribution in [0.5, 0.6) is 0 Å². The zero-order chi connectivity index (χ0) is 21.7. The highest BCUT2D eigenvalue weighted by Gasteiger charge is 2.23. The second kappa shape index (κ2) is 15.8. The van der Waals surface area contributed by atoms with Crippen molar-refractivity contribution in [1.29, 1.82) is 0 Å². The van der Waals surface area contributed by atoms with Crippen molar-refractivity contribution in [3.63, 3.8) is 0 Å². The van der Waals surface area contributed by atoms with Gasteiger partial charge in [-0.25, -0.2) is 4.39 Å². The lowest BCUT2D eigenvalue weighted by molar-refractivity contribution is 0.0170. The van der Waals surface area contributed by atoms with Crippen molar-refractivity contribution in [3.05, 3.63) is 35.6 Å². The van der Waals surface area contributed by atoms with E-state index in [1.165, 1.54) is 51.7 Å². The first-order valence-corrected chi connectivity index (χ1v) is 12.0. The summed E-state index contributed by atoms with van der Waals surface area (Å²) in [7, 11) is 1.81. The highest BCUT2D eigenvalue weighted by atomic mass is 127. The van der Waals surface area contributed by atoms with Crippen LogP contribution in [0.25, 0.3) is 0 Å². The van der Waals surface area contributed by atoms with E-state index in [4.69, 9.17) is 4.74 Å². The maximum absolute atomic E-state index is 13.4. The van der Waals surface area contributed by atoms with E-state index in [0.717, 1.165) is 57.3 Å². The Hall–Kier alpha value is -0.970. The quantitative estimate of drug-likeness (QED) is 0.198. The summed E-state index contributed by atoms with van der Waals surface area (Å²) < 4.78 is 18.9. The van der Waals surface area contributed by atoms with Crippen molar-refractivity contribution in [1.82, 2.24) is 20.4 Å². The van der Waals surface area contributed by atoms with Crippen LogP contribution in [0.1, 0.15) is 50.1 Å².